The first-order valence-corrected chi connectivity index (χ1v) is 7.89. The Hall–Kier alpha value is -2.48. The molecule has 2 heterocycles. The number of carboxylic acids is 1. The lowest BCUT2D eigenvalue weighted by molar-refractivity contribution is -0.146. The van der Waals surface area contributed by atoms with Crippen LogP contribution in [0.3, 0.4) is 0 Å². The van der Waals surface area contributed by atoms with E-state index in [2.05, 4.69) is 5.32 Å². The molecule has 0 spiro atoms. The van der Waals surface area contributed by atoms with Crippen LogP contribution in [-0.2, 0) is 20.8 Å². The molecule has 7 nitrogen and oxygen atoms in total. The van der Waals surface area contributed by atoms with Gasteiger partial charge in [0.2, 0.25) is 11.8 Å². The van der Waals surface area contributed by atoms with Gasteiger partial charge in [0.15, 0.2) is 11.5 Å². The SMILES string of the molecule is O=C(Cc1ccccc1)NC1S[C@@H]2CC(=O)N2C(C(=O)O)=C1O. The molecule has 0 radical (unpaired) electrons. The van der Waals surface area contributed by atoms with Crippen LogP contribution in [0.4, 0.5) is 0 Å². The van der Waals surface area contributed by atoms with Gasteiger partial charge in [-0.15, -0.1) is 11.8 Å². The summed E-state index contributed by atoms with van der Waals surface area (Å²) in [7, 11) is 0. The summed E-state index contributed by atoms with van der Waals surface area (Å²) in [5.41, 5.74) is 0.364. The third-order valence-corrected chi connectivity index (χ3v) is 4.94. The minimum absolute atomic E-state index is 0.126. The topological polar surface area (TPSA) is 107 Å². The highest BCUT2D eigenvalue weighted by molar-refractivity contribution is 8.00. The molecule has 2 aliphatic rings. The van der Waals surface area contributed by atoms with E-state index in [4.69, 9.17) is 0 Å². The first-order chi connectivity index (χ1) is 11.0. The molecule has 3 N–H and O–H groups in total. The first kappa shape index (κ1) is 15.4. The molecular formula is C15H14N2O5S. The van der Waals surface area contributed by atoms with E-state index in [-0.39, 0.29) is 30.0 Å². The zero-order chi connectivity index (χ0) is 16.6. The molecule has 1 aromatic carbocycles. The third-order valence-electron chi connectivity index (χ3n) is 3.63. The number of hydrogen-bond donors (Lipinski definition) is 3. The van der Waals surface area contributed by atoms with Gasteiger partial charge in [-0.3, -0.25) is 14.5 Å². The van der Waals surface area contributed by atoms with E-state index < -0.39 is 22.8 Å². The predicted octanol–water partition coefficient (Wildman–Crippen LogP) is 0.831. The molecule has 23 heavy (non-hydrogen) atoms. The third kappa shape index (κ3) is 2.89. The number of carbonyl (C=O) groups is 3. The van der Waals surface area contributed by atoms with Crippen LogP contribution in [-0.4, -0.2) is 43.6 Å². The summed E-state index contributed by atoms with van der Waals surface area (Å²) < 4.78 is 0. The summed E-state index contributed by atoms with van der Waals surface area (Å²) >= 11 is 1.16. The van der Waals surface area contributed by atoms with Crippen molar-refractivity contribution < 1.29 is 24.6 Å². The van der Waals surface area contributed by atoms with E-state index >= 15 is 0 Å². The number of amides is 2. The van der Waals surface area contributed by atoms with Crippen molar-refractivity contribution in [2.24, 2.45) is 0 Å². The van der Waals surface area contributed by atoms with Crippen LogP contribution in [0.15, 0.2) is 41.8 Å². The maximum absolute atomic E-state index is 12.1. The number of rotatable bonds is 4. The number of aliphatic carboxylic acids is 1. The second-order valence-electron chi connectivity index (χ2n) is 5.21. The molecular weight excluding hydrogens is 320 g/mol. The van der Waals surface area contributed by atoms with Crippen molar-refractivity contribution in [1.29, 1.82) is 0 Å². The number of carboxylic acid groups (broad SMARTS) is 1. The summed E-state index contributed by atoms with van der Waals surface area (Å²) in [5.74, 6) is -2.57. The van der Waals surface area contributed by atoms with E-state index in [1.807, 2.05) is 18.2 Å². The fourth-order valence-corrected chi connectivity index (χ4v) is 3.87. The maximum atomic E-state index is 12.1. The number of β-lactam (4-membered cyclic amide) rings is 1. The lowest BCUT2D eigenvalue weighted by atomic mass is 10.1. The van der Waals surface area contributed by atoms with Gasteiger partial charge in [0.05, 0.1) is 18.2 Å². The average molecular weight is 334 g/mol. The molecule has 8 heteroatoms. The molecule has 3 rings (SSSR count). The van der Waals surface area contributed by atoms with Crippen molar-refractivity contribution in [3.63, 3.8) is 0 Å². The molecule has 0 saturated carbocycles. The van der Waals surface area contributed by atoms with Crippen molar-refractivity contribution in [2.45, 2.75) is 23.6 Å². The number of benzene rings is 1. The van der Waals surface area contributed by atoms with Gasteiger partial charge in [0, 0.05) is 0 Å². The summed E-state index contributed by atoms with van der Waals surface area (Å²) in [6.45, 7) is 0. The number of aliphatic hydroxyl groups is 1. The van der Waals surface area contributed by atoms with Crippen LogP contribution < -0.4 is 5.32 Å². The van der Waals surface area contributed by atoms with Crippen LogP contribution in [0.2, 0.25) is 0 Å². The Kier molecular flexibility index (Phi) is 3.99. The molecule has 1 unspecified atom stereocenters. The van der Waals surface area contributed by atoms with Gasteiger partial charge in [0.25, 0.3) is 0 Å². The highest BCUT2D eigenvalue weighted by atomic mass is 32.2. The van der Waals surface area contributed by atoms with Gasteiger partial charge in [-0.2, -0.15) is 0 Å². The molecule has 0 aromatic heterocycles. The number of nitrogens with one attached hydrogen (secondary N) is 1. The number of nitrogens with zero attached hydrogens (tertiary/aromatic N) is 1. The second kappa shape index (κ2) is 5.96. The normalized spacial score (nSPS) is 23.1. The molecule has 120 valence electrons. The van der Waals surface area contributed by atoms with Crippen LogP contribution in [0.25, 0.3) is 0 Å². The molecule has 0 bridgehead atoms. The van der Waals surface area contributed by atoms with Crippen molar-refractivity contribution >= 4 is 29.5 Å². The maximum Gasteiger partial charge on any atom is 0.356 e. The number of fused-ring (bicyclic) bond motifs is 1. The molecule has 0 aliphatic carbocycles. The van der Waals surface area contributed by atoms with E-state index in [0.717, 1.165) is 22.2 Å². The van der Waals surface area contributed by atoms with Crippen LogP contribution in [0, 0.1) is 0 Å². The van der Waals surface area contributed by atoms with Crippen molar-refractivity contribution in [2.75, 3.05) is 0 Å². The largest absolute Gasteiger partial charge is 0.507 e. The minimum atomic E-state index is -1.39. The number of thioether (sulfide) groups is 1. The van der Waals surface area contributed by atoms with Gasteiger partial charge >= 0.3 is 5.97 Å². The number of hydrogen-bond acceptors (Lipinski definition) is 5. The van der Waals surface area contributed by atoms with Gasteiger partial charge in [-0.1, -0.05) is 30.3 Å². The predicted molar refractivity (Wildman–Crippen MR) is 82.2 cm³/mol. The molecule has 2 atom stereocenters. The average Bonchev–Trinajstić information content (AvgIpc) is 2.50. The summed E-state index contributed by atoms with van der Waals surface area (Å²) in [5, 5.41) is 20.7. The Morgan fingerprint density at radius 1 is 1.30 bits per heavy atom. The Morgan fingerprint density at radius 3 is 2.61 bits per heavy atom. The summed E-state index contributed by atoms with van der Waals surface area (Å²) in [6, 6.07) is 9.08. The second-order valence-corrected chi connectivity index (χ2v) is 6.50. The molecule has 1 fully saturated rings. The monoisotopic (exact) mass is 334 g/mol. The zero-order valence-corrected chi connectivity index (χ0v) is 12.7. The van der Waals surface area contributed by atoms with E-state index in [1.54, 1.807) is 12.1 Å². The lowest BCUT2D eigenvalue weighted by Gasteiger charge is -2.45. The van der Waals surface area contributed by atoms with E-state index in [1.165, 1.54) is 0 Å². The quantitative estimate of drug-likeness (QED) is 0.704. The van der Waals surface area contributed by atoms with E-state index in [9.17, 15) is 24.6 Å². The highest BCUT2D eigenvalue weighted by Gasteiger charge is 2.49. The Bertz CT molecular complexity index is 703. The van der Waals surface area contributed by atoms with Gasteiger partial charge in [0.1, 0.15) is 5.37 Å². The standard InChI is InChI=1S/C15H14N2O5S/c18-9(6-8-4-2-1-3-5-8)16-14-13(20)12(15(21)22)17-10(19)7-11(17)23-14/h1-5,11,14,20H,6-7H2,(H,16,18)(H,21,22)/t11-,14?/m1/s1. The Morgan fingerprint density at radius 2 is 2.00 bits per heavy atom. The zero-order valence-electron chi connectivity index (χ0n) is 11.9. The number of aliphatic hydroxyl groups excluding tert-OH is 1. The Balaban J connectivity index is 1.75. The molecule has 1 saturated heterocycles. The van der Waals surface area contributed by atoms with Crippen LogP contribution >= 0.6 is 11.8 Å². The van der Waals surface area contributed by atoms with Gasteiger partial charge in [-0.25, -0.2) is 4.79 Å². The Labute approximate surface area is 136 Å². The van der Waals surface area contributed by atoms with Crippen molar-refractivity contribution in [1.82, 2.24) is 10.2 Å². The van der Waals surface area contributed by atoms with E-state index in [0.29, 0.717) is 0 Å². The van der Waals surface area contributed by atoms with Gasteiger partial charge in [-0.05, 0) is 5.56 Å². The lowest BCUT2D eigenvalue weighted by Crippen LogP contribution is -2.57. The smallest absolute Gasteiger partial charge is 0.356 e. The molecule has 2 aliphatic heterocycles. The summed E-state index contributed by atoms with van der Waals surface area (Å²) in [4.78, 5) is 35.9. The highest BCUT2D eigenvalue weighted by Crippen LogP contribution is 2.42. The van der Waals surface area contributed by atoms with Crippen molar-refractivity contribution in [3.8, 4) is 0 Å². The molecule has 2 amide bonds. The molecule has 1 aromatic rings. The number of carbonyl (C=O) groups excluding carboxylic acids is 2. The van der Waals surface area contributed by atoms with Crippen LogP contribution in [0.5, 0.6) is 0 Å². The first-order valence-electron chi connectivity index (χ1n) is 6.94. The van der Waals surface area contributed by atoms with Crippen molar-refractivity contribution in [3.05, 3.63) is 47.4 Å². The minimum Gasteiger partial charge on any atom is -0.507 e. The van der Waals surface area contributed by atoms with Crippen LogP contribution in [0.1, 0.15) is 12.0 Å². The summed E-state index contributed by atoms with van der Waals surface area (Å²) in [6.07, 6.45) is 0.320. The fourth-order valence-electron chi connectivity index (χ4n) is 2.53. The fraction of sp³-hybridized carbons (Fsp3) is 0.267. The van der Waals surface area contributed by atoms with Gasteiger partial charge < -0.3 is 15.5 Å².